The van der Waals surface area contributed by atoms with Crippen LogP contribution in [0.3, 0.4) is 0 Å². The third-order valence-corrected chi connectivity index (χ3v) is 4.00. The number of hydrogen-bond donors (Lipinski definition) is 0. The SMILES string of the molecule is CCc1cccc2c(Cl)c(OC)sc12. The number of halogens is 1. The highest BCUT2D eigenvalue weighted by atomic mass is 35.5. The van der Waals surface area contributed by atoms with E-state index in [0.717, 1.165) is 21.9 Å². The van der Waals surface area contributed by atoms with E-state index in [1.807, 2.05) is 12.1 Å². The van der Waals surface area contributed by atoms with Gasteiger partial charge in [0.2, 0.25) is 0 Å². The van der Waals surface area contributed by atoms with E-state index in [-0.39, 0.29) is 0 Å². The molecule has 0 bridgehead atoms. The minimum atomic E-state index is 0.739. The second-order valence-electron chi connectivity index (χ2n) is 3.06. The summed E-state index contributed by atoms with van der Waals surface area (Å²) in [7, 11) is 1.65. The maximum Gasteiger partial charge on any atom is 0.193 e. The Hall–Kier alpha value is -0.730. The number of methoxy groups -OCH3 is 1. The average Bonchev–Trinajstić information content (AvgIpc) is 2.55. The molecule has 1 nitrogen and oxygen atoms in total. The number of fused-ring (bicyclic) bond motifs is 1. The standard InChI is InChI=1S/C11H11ClOS/c1-3-7-5-4-6-8-9(12)11(13-2)14-10(7)8/h4-6H,3H2,1-2H3. The summed E-state index contributed by atoms with van der Waals surface area (Å²) in [5, 5.41) is 2.65. The van der Waals surface area contributed by atoms with Gasteiger partial charge in [0.05, 0.1) is 7.11 Å². The molecule has 0 saturated heterocycles. The van der Waals surface area contributed by atoms with Gasteiger partial charge in [-0.25, -0.2) is 0 Å². The third-order valence-electron chi connectivity index (χ3n) is 2.27. The molecule has 2 aromatic rings. The fourth-order valence-electron chi connectivity index (χ4n) is 1.54. The lowest BCUT2D eigenvalue weighted by Crippen LogP contribution is -1.77. The van der Waals surface area contributed by atoms with E-state index in [4.69, 9.17) is 16.3 Å². The molecule has 0 saturated carbocycles. The van der Waals surface area contributed by atoms with Crippen molar-refractivity contribution in [1.29, 1.82) is 0 Å². The van der Waals surface area contributed by atoms with Crippen molar-refractivity contribution in [2.24, 2.45) is 0 Å². The highest BCUT2D eigenvalue weighted by Crippen LogP contribution is 2.42. The lowest BCUT2D eigenvalue weighted by Gasteiger charge is -1.96. The van der Waals surface area contributed by atoms with E-state index in [1.165, 1.54) is 10.3 Å². The van der Waals surface area contributed by atoms with Crippen LogP contribution in [0.25, 0.3) is 10.1 Å². The van der Waals surface area contributed by atoms with Crippen LogP contribution in [0.2, 0.25) is 5.02 Å². The van der Waals surface area contributed by atoms with E-state index in [0.29, 0.717) is 0 Å². The molecule has 0 spiro atoms. The van der Waals surface area contributed by atoms with Gasteiger partial charge in [-0.05, 0) is 12.0 Å². The largest absolute Gasteiger partial charge is 0.486 e. The van der Waals surface area contributed by atoms with Crippen molar-refractivity contribution in [2.75, 3.05) is 7.11 Å². The Kier molecular flexibility index (Phi) is 2.66. The van der Waals surface area contributed by atoms with Gasteiger partial charge in [-0.2, -0.15) is 0 Å². The predicted octanol–water partition coefficient (Wildman–Crippen LogP) is 4.13. The fourth-order valence-corrected chi connectivity index (χ4v) is 3.03. The zero-order valence-electron chi connectivity index (χ0n) is 8.13. The number of thiophene rings is 1. The lowest BCUT2D eigenvalue weighted by molar-refractivity contribution is 0.427. The highest BCUT2D eigenvalue weighted by Gasteiger charge is 2.12. The Labute approximate surface area is 92.3 Å². The van der Waals surface area contributed by atoms with Crippen molar-refractivity contribution in [3.63, 3.8) is 0 Å². The van der Waals surface area contributed by atoms with Crippen LogP contribution < -0.4 is 4.74 Å². The maximum atomic E-state index is 6.17. The van der Waals surface area contributed by atoms with Gasteiger partial charge in [-0.15, -0.1) is 0 Å². The first-order chi connectivity index (χ1) is 6.77. The highest BCUT2D eigenvalue weighted by molar-refractivity contribution is 7.21. The van der Waals surface area contributed by atoms with Gasteiger partial charge in [0.1, 0.15) is 5.02 Å². The first kappa shape index (κ1) is 9.81. The molecule has 0 N–H and O–H groups in total. The zero-order chi connectivity index (χ0) is 10.1. The molecule has 74 valence electrons. The monoisotopic (exact) mass is 226 g/mol. The Morgan fingerprint density at radius 3 is 2.86 bits per heavy atom. The Morgan fingerprint density at radius 2 is 2.21 bits per heavy atom. The number of rotatable bonds is 2. The van der Waals surface area contributed by atoms with Gasteiger partial charge in [-0.3, -0.25) is 0 Å². The molecule has 0 atom stereocenters. The number of aryl methyl sites for hydroxylation is 1. The molecule has 0 unspecified atom stereocenters. The molecule has 0 radical (unpaired) electrons. The molecular formula is C11H11ClOS. The van der Waals surface area contributed by atoms with Crippen molar-refractivity contribution in [2.45, 2.75) is 13.3 Å². The van der Waals surface area contributed by atoms with Crippen molar-refractivity contribution in [1.82, 2.24) is 0 Å². The summed E-state index contributed by atoms with van der Waals surface area (Å²) in [5.74, 6) is 0. The summed E-state index contributed by atoms with van der Waals surface area (Å²) in [6.07, 6.45) is 1.03. The lowest BCUT2D eigenvalue weighted by atomic mass is 10.1. The Balaban J connectivity index is 2.77. The first-order valence-electron chi connectivity index (χ1n) is 4.51. The first-order valence-corrected chi connectivity index (χ1v) is 5.71. The van der Waals surface area contributed by atoms with Crippen LogP contribution in [0.5, 0.6) is 5.06 Å². The van der Waals surface area contributed by atoms with E-state index >= 15 is 0 Å². The van der Waals surface area contributed by atoms with Crippen molar-refractivity contribution in [3.8, 4) is 5.06 Å². The fraction of sp³-hybridized carbons (Fsp3) is 0.273. The summed E-state index contributed by atoms with van der Waals surface area (Å²) in [5.41, 5.74) is 1.33. The van der Waals surface area contributed by atoms with Crippen molar-refractivity contribution >= 4 is 33.0 Å². The summed E-state index contributed by atoms with van der Waals surface area (Å²) in [6.45, 7) is 2.15. The van der Waals surface area contributed by atoms with Crippen LogP contribution in [0.1, 0.15) is 12.5 Å². The summed E-state index contributed by atoms with van der Waals surface area (Å²) < 4.78 is 6.46. The van der Waals surface area contributed by atoms with Gasteiger partial charge in [0.25, 0.3) is 0 Å². The van der Waals surface area contributed by atoms with Gasteiger partial charge >= 0.3 is 0 Å². The van der Waals surface area contributed by atoms with Crippen LogP contribution in [0.4, 0.5) is 0 Å². The Morgan fingerprint density at radius 1 is 1.43 bits per heavy atom. The Bertz CT molecular complexity index is 462. The van der Waals surface area contributed by atoms with E-state index in [2.05, 4.69) is 13.0 Å². The van der Waals surface area contributed by atoms with Crippen molar-refractivity contribution in [3.05, 3.63) is 28.8 Å². The van der Waals surface area contributed by atoms with Gasteiger partial charge in [0.15, 0.2) is 5.06 Å². The van der Waals surface area contributed by atoms with Gasteiger partial charge in [-0.1, -0.05) is 48.1 Å². The van der Waals surface area contributed by atoms with Crippen LogP contribution in [-0.4, -0.2) is 7.11 Å². The molecule has 1 heterocycles. The molecule has 0 aliphatic heterocycles. The molecule has 3 heteroatoms. The number of hydrogen-bond acceptors (Lipinski definition) is 2. The topological polar surface area (TPSA) is 9.23 Å². The molecule has 2 rings (SSSR count). The maximum absolute atomic E-state index is 6.17. The van der Waals surface area contributed by atoms with E-state index < -0.39 is 0 Å². The summed E-state index contributed by atoms with van der Waals surface area (Å²) >= 11 is 7.79. The van der Waals surface area contributed by atoms with Crippen LogP contribution >= 0.6 is 22.9 Å². The quantitative estimate of drug-likeness (QED) is 0.749. The summed E-state index contributed by atoms with van der Waals surface area (Å²) in [6, 6.07) is 6.21. The van der Waals surface area contributed by atoms with Crippen molar-refractivity contribution < 1.29 is 4.74 Å². The third kappa shape index (κ3) is 1.39. The summed E-state index contributed by atoms with van der Waals surface area (Å²) in [4.78, 5) is 0. The molecule has 1 aromatic carbocycles. The molecular weight excluding hydrogens is 216 g/mol. The van der Waals surface area contributed by atoms with Gasteiger partial charge < -0.3 is 4.74 Å². The average molecular weight is 227 g/mol. The molecule has 0 amide bonds. The molecule has 0 aliphatic carbocycles. The minimum Gasteiger partial charge on any atom is -0.486 e. The van der Waals surface area contributed by atoms with E-state index in [9.17, 15) is 0 Å². The normalized spacial score (nSPS) is 10.8. The molecule has 14 heavy (non-hydrogen) atoms. The predicted molar refractivity (Wildman–Crippen MR) is 62.8 cm³/mol. The molecule has 0 aliphatic rings. The second kappa shape index (κ2) is 3.79. The van der Waals surface area contributed by atoms with E-state index in [1.54, 1.807) is 18.4 Å². The smallest absolute Gasteiger partial charge is 0.193 e. The number of ether oxygens (including phenoxy) is 1. The zero-order valence-corrected chi connectivity index (χ0v) is 9.71. The molecule has 1 aromatic heterocycles. The molecule has 0 fully saturated rings. The minimum absolute atomic E-state index is 0.739. The number of benzene rings is 1. The van der Waals surface area contributed by atoms with Crippen LogP contribution in [0.15, 0.2) is 18.2 Å². The van der Waals surface area contributed by atoms with Gasteiger partial charge in [0, 0.05) is 10.1 Å². The van der Waals surface area contributed by atoms with Crippen LogP contribution in [0, 0.1) is 0 Å². The second-order valence-corrected chi connectivity index (χ2v) is 4.42. The van der Waals surface area contributed by atoms with Crippen LogP contribution in [-0.2, 0) is 6.42 Å².